The number of benzene rings is 1. The molecule has 12 heavy (non-hydrogen) atoms. The van der Waals surface area contributed by atoms with Crippen LogP contribution in [0.15, 0.2) is 16.6 Å². The maximum atomic E-state index is 12.9. The fraction of sp³-hybridized carbons (Fsp3) is 0. The zero-order valence-corrected chi connectivity index (χ0v) is 7.43. The van der Waals surface area contributed by atoms with Gasteiger partial charge in [-0.1, -0.05) is 0 Å². The minimum Gasteiger partial charge on any atom is -0.505 e. The number of primary amides is 1. The van der Waals surface area contributed by atoms with Crippen molar-refractivity contribution in [3.8, 4) is 5.75 Å². The maximum Gasteiger partial charge on any atom is 0.252 e. The Kier molecular flexibility index (Phi) is 2.32. The van der Waals surface area contributed by atoms with E-state index in [1.54, 1.807) is 0 Å². The van der Waals surface area contributed by atoms with Crippen molar-refractivity contribution in [3.63, 3.8) is 0 Å². The van der Waals surface area contributed by atoms with E-state index in [0.29, 0.717) is 0 Å². The molecular weight excluding hydrogens is 229 g/mol. The standard InChI is InChI=1S/C7H5BrFNO2/c8-3-1-2-4(11)6(9)5(3)7(10)12/h1-2,11H,(H2,10,12). The molecule has 3 N–H and O–H groups in total. The third kappa shape index (κ3) is 1.40. The summed E-state index contributed by atoms with van der Waals surface area (Å²) in [6.45, 7) is 0. The Labute approximate surface area is 76.1 Å². The highest BCUT2D eigenvalue weighted by Gasteiger charge is 2.15. The van der Waals surface area contributed by atoms with Crippen molar-refractivity contribution in [2.24, 2.45) is 5.73 Å². The van der Waals surface area contributed by atoms with E-state index in [9.17, 15) is 9.18 Å². The zero-order chi connectivity index (χ0) is 9.30. The van der Waals surface area contributed by atoms with Gasteiger partial charge in [0, 0.05) is 4.47 Å². The van der Waals surface area contributed by atoms with Crippen molar-refractivity contribution < 1.29 is 14.3 Å². The molecule has 1 rings (SSSR count). The molecule has 0 aliphatic carbocycles. The van der Waals surface area contributed by atoms with Gasteiger partial charge in [-0.05, 0) is 28.1 Å². The van der Waals surface area contributed by atoms with Gasteiger partial charge >= 0.3 is 0 Å². The summed E-state index contributed by atoms with van der Waals surface area (Å²) in [5.74, 6) is -2.51. The lowest BCUT2D eigenvalue weighted by Gasteiger charge is -2.02. The summed E-state index contributed by atoms with van der Waals surface area (Å²) in [6, 6.07) is 2.48. The van der Waals surface area contributed by atoms with Crippen LogP contribution in [-0.4, -0.2) is 11.0 Å². The molecule has 0 unspecified atom stereocenters. The number of phenolic OH excluding ortho intramolecular Hbond substituents is 1. The van der Waals surface area contributed by atoms with Gasteiger partial charge in [0.05, 0.1) is 5.56 Å². The predicted octanol–water partition coefficient (Wildman–Crippen LogP) is 1.39. The van der Waals surface area contributed by atoms with Crippen molar-refractivity contribution in [3.05, 3.63) is 28.0 Å². The van der Waals surface area contributed by atoms with Gasteiger partial charge in [0.1, 0.15) is 0 Å². The Morgan fingerprint density at radius 2 is 2.17 bits per heavy atom. The first-order valence-electron chi connectivity index (χ1n) is 3.01. The van der Waals surface area contributed by atoms with E-state index in [1.165, 1.54) is 6.07 Å². The SMILES string of the molecule is NC(=O)c1c(Br)ccc(O)c1F. The van der Waals surface area contributed by atoms with Gasteiger partial charge in [-0.15, -0.1) is 0 Å². The largest absolute Gasteiger partial charge is 0.505 e. The second kappa shape index (κ2) is 3.10. The lowest BCUT2D eigenvalue weighted by Crippen LogP contribution is -2.13. The summed E-state index contributed by atoms with van der Waals surface area (Å²) < 4.78 is 13.2. The molecule has 0 spiro atoms. The van der Waals surface area contributed by atoms with Crippen molar-refractivity contribution in [1.29, 1.82) is 0 Å². The quantitative estimate of drug-likeness (QED) is 0.771. The van der Waals surface area contributed by atoms with Crippen molar-refractivity contribution in [2.45, 2.75) is 0 Å². The highest BCUT2D eigenvalue weighted by Crippen LogP contribution is 2.25. The Hall–Kier alpha value is -1.10. The molecule has 0 aromatic heterocycles. The maximum absolute atomic E-state index is 12.9. The van der Waals surface area contributed by atoms with Crippen molar-refractivity contribution in [1.82, 2.24) is 0 Å². The van der Waals surface area contributed by atoms with Crippen molar-refractivity contribution in [2.75, 3.05) is 0 Å². The summed E-state index contributed by atoms with van der Waals surface area (Å²) in [7, 11) is 0. The van der Waals surface area contributed by atoms with Crippen LogP contribution in [0.3, 0.4) is 0 Å². The van der Waals surface area contributed by atoms with Crippen LogP contribution in [0.2, 0.25) is 0 Å². The van der Waals surface area contributed by atoms with Crippen LogP contribution in [0.5, 0.6) is 5.75 Å². The number of carbonyl (C=O) groups excluding carboxylic acids is 1. The first-order chi connectivity index (χ1) is 5.54. The number of carbonyl (C=O) groups is 1. The number of amides is 1. The summed E-state index contributed by atoms with van der Waals surface area (Å²) in [6.07, 6.45) is 0. The van der Waals surface area contributed by atoms with Crippen LogP contribution in [0.25, 0.3) is 0 Å². The summed E-state index contributed by atoms with van der Waals surface area (Å²) >= 11 is 2.93. The molecule has 1 amide bonds. The van der Waals surface area contributed by atoms with Crippen LogP contribution in [0.1, 0.15) is 10.4 Å². The summed E-state index contributed by atoms with van der Waals surface area (Å²) in [5, 5.41) is 8.87. The van der Waals surface area contributed by atoms with E-state index in [4.69, 9.17) is 10.8 Å². The van der Waals surface area contributed by atoms with Gasteiger partial charge in [-0.3, -0.25) is 4.79 Å². The Morgan fingerprint density at radius 1 is 1.58 bits per heavy atom. The Morgan fingerprint density at radius 3 is 2.58 bits per heavy atom. The van der Waals surface area contributed by atoms with Crippen LogP contribution < -0.4 is 5.73 Å². The van der Waals surface area contributed by atoms with E-state index in [1.807, 2.05) is 0 Å². The average Bonchev–Trinajstić information content (AvgIpc) is 1.97. The van der Waals surface area contributed by atoms with E-state index >= 15 is 0 Å². The molecule has 0 saturated carbocycles. The molecular formula is C7H5BrFNO2. The van der Waals surface area contributed by atoms with Gasteiger partial charge in [-0.25, -0.2) is 4.39 Å². The smallest absolute Gasteiger partial charge is 0.252 e. The van der Waals surface area contributed by atoms with Crippen LogP contribution in [0.4, 0.5) is 4.39 Å². The molecule has 0 bridgehead atoms. The van der Waals surface area contributed by atoms with E-state index in [2.05, 4.69) is 15.9 Å². The molecule has 5 heteroatoms. The topological polar surface area (TPSA) is 63.3 Å². The zero-order valence-electron chi connectivity index (χ0n) is 5.84. The Bertz CT molecular complexity index is 340. The molecule has 0 aliphatic rings. The lowest BCUT2D eigenvalue weighted by atomic mass is 10.2. The number of nitrogens with two attached hydrogens (primary N) is 1. The minimum absolute atomic E-state index is 0.227. The number of rotatable bonds is 1. The third-order valence-electron chi connectivity index (χ3n) is 1.32. The molecule has 0 atom stereocenters. The van der Waals surface area contributed by atoms with Crippen LogP contribution in [-0.2, 0) is 0 Å². The molecule has 0 radical (unpaired) electrons. The molecule has 0 aliphatic heterocycles. The van der Waals surface area contributed by atoms with E-state index in [-0.39, 0.29) is 10.0 Å². The number of halogens is 2. The number of hydrogen-bond donors (Lipinski definition) is 2. The highest BCUT2D eigenvalue weighted by molar-refractivity contribution is 9.10. The molecule has 0 saturated heterocycles. The number of hydrogen-bond acceptors (Lipinski definition) is 2. The third-order valence-corrected chi connectivity index (χ3v) is 1.98. The fourth-order valence-corrected chi connectivity index (χ4v) is 1.27. The van der Waals surface area contributed by atoms with Crippen LogP contribution >= 0.6 is 15.9 Å². The van der Waals surface area contributed by atoms with Gasteiger partial charge in [0.2, 0.25) is 0 Å². The monoisotopic (exact) mass is 233 g/mol. The minimum atomic E-state index is -1.00. The first kappa shape index (κ1) is 8.99. The van der Waals surface area contributed by atoms with Gasteiger partial charge in [0.25, 0.3) is 5.91 Å². The molecule has 3 nitrogen and oxygen atoms in total. The second-order valence-corrected chi connectivity index (χ2v) is 2.97. The molecule has 64 valence electrons. The summed E-state index contributed by atoms with van der Waals surface area (Å²) in [4.78, 5) is 10.6. The van der Waals surface area contributed by atoms with E-state index in [0.717, 1.165) is 6.07 Å². The normalized spacial score (nSPS) is 9.83. The van der Waals surface area contributed by atoms with Gasteiger partial charge in [-0.2, -0.15) is 0 Å². The lowest BCUT2D eigenvalue weighted by molar-refractivity contribution is 0.0995. The average molecular weight is 234 g/mol. The first-order valence-corrected chi connectivity index (χ1v) is 3.80. The number of phenols is 1. The Balaban J connectivity index is 3.43. The molecule has 0 fully saturated rings. The van der Waals surface area contributed by atoms with E-state index < -0.39 is 17.5 Å². The second-order valence-electron chi connectivity index (χ2n) is 2.12. The molecule has 0 heterocycles. The van der Waals surface area contributed by atoms with Gasteiger partial charge in [0.15, 0.2) is 11.6 Å². The predicted molar refractivity (Wildman–Crippen MR) is 44.3 cm³/mol. The van der Waals surface area contributed by atoms with Crippen molar-refractivity contribution >= 4 is 21.8 Å². The highest BCUT2D eigenvalue weighted by atomic mass is 79.9. The van der Waals surface area contributed by atoms with Gasteiger partial charge < -0.3 is 10.8 Å². The summed E-state index contributed by atoms with van der Waals surface area (Å²) in [5.41, 5.74) is 4.53. The fourth-order valence-electron chi connectivity index (χ4n) is 0.767. The molecule has 1 aromatic carbocycles. The number of aromatic hydroxyl groups is 1. The molecule has 1 aromatic rings. The van der Waals surface area contributed by atoms with Crippen LogP contribution in [0, 0.1) is 5.82 Å².